The average Bonchev–Trinajstić information content (AvgIpc) is 3.15. The molecule has 1 N–H and O–H groups in total. The summed E-state index contributed by atoms with van der Waals surface area (Å²) in [4.78, 5) is 15.2. The maximum Gasteiger partial charge on any atom is 0.273 e. The van der Waals surface area contributed by atoms with Crippen LogP contribution in [0.3, 0.4) is 0 Å². The molecule has 0 saturated heterocycles. The van der Waals surface area contributed by atoms with Crippen LogP contribution in [0.15, 0.2) is 22.7 Å². The number of aromatic nitrogens is 1. The zero-order valence-electron chi connectivity index (χ0n) is 17.4. The molecule has 3 rings (SSSR count). The number of carbonyl (C=O) groups excluding carboxylic acids is 1. The van der Waals surface area contributed by atoms with Crippen LogP contribution in [-0.2, 0) is 12.8 Å². The van der Waals surface area contributed by atoms with Gasteiger partial charge in [-0.1, -0.05) is 25.1 Å². The second-order valence-corrected chi connectivity index (χ2v) is 7.41. The Kier molecular flexibility index (Phi) is 6.73. The van der Waals surface area contributed by atoms with Crippen LogP contribution >= 0.6 is 0 Å². The molecule has 6 heteroatoms. The SMILES string of the molecule is CCN(CC)CCC[C@H](C)NC(=O)c1noc2c1CCc1ccc(OC)cc1-2. The summed E-state index contributed by atoms with van der Waals surface area (Å²) < 4.78 is 10.9. The molecule has 0 bridgehead atoms. The van der Waals surface area contributed by atoms with E-state index in [1.807, 2.05) is 19.1 Å². The van der Waals surface area contributed by atoms with Gasteiger partial charge in [-0.05, 0) is 69.9 Å². The summed E-state index contributed by atoms with van der Waals surface area (Å²) in [6, 6.07) is 6.06. The van der Waals surface area contributed by atoms with E-state index in [0.717, 1.165) is 62.2 Å². The van der Waals surface area contributed by atoms with Crippen molar-refractivity contribution in [3.8, 4) is 17.1 Å². The van der Waals surface area contributed by atoms with Crippen molar-refractivity contribution in [1.82, 2.24) is 15.4 Å². The predicted octanol–water partition coefficient (Wildman–Crippen LogP) is 3.69. The number of benzene rings is 1. The highest BCUT2D eigenvalue weighted by Crippen LogP contribution is 2.37. The molecule has 6 nitrogen and oxygen atoms in total. The molecule has 2 aromatic rings. The first kappa shape index (κ1) is 20.4. The maximum absolute atomic E-state index is 12.8. The quantitative estimate of drug-likeness (QED) is 0.713. The molecule has 1 amide bonds. The number of aryl methyl sites for hydroxylation is 1. The fourth-order valence-corrected chi connectivity index (χ4v) is 3.83. The maximum atomic E-state index is 12.8. The number of hydrogen-bond acceptors (Lipinski definition) is 5. The summed E-state index contributed by atoms with van der Waals surface area (Å²) in [5.41, 5.74) is 3.48. The van der Waals surface area contributed by atoms with E-state index in [9.17, 15) is 4.79 Å². The third-order valence-electron chi connectivity index (χ3n) is 5.59. The van der Waals surface area contributed by atoms with Gasteiger partial charge in [-0.2, -0.15) is 0 Å². The lowest BCUT2D eigenvalue weighted by molar-refractivity contribution is 0.0927. The molecule has 1 aromatic heterocycles. The predicted molar refractivity (Wildman–Crippen MR) is 110 cm³/mol. The third-order valence-corrected chi connectivity index (χ3v) is 5.59. The van der Waals surface area contributed by atoms with Gasteiger partial charge in [0.1, 0.15) is 5.75 Å². The molecule has 1 atom stereocenters. The van der Waals surface area contributed by atoms with Crippen molar-refractivity contribution < 1.29 is 14.1 Å². The van der Waals surface area contributed by atoms with Crippen LogP contribution in [0.4, 0.5) is 0 Å². The largest absolute Gasteiger partial charge is 0.497 e. The second-order valence-electron chi connectivity index (χ2n) is 7.41. The molecule has 0 radical (unpaired) electrons. The monoisotopic (exact) mass is 385 g/mol. The number of hydrogen-bond donors (Lipinski definition) is 1. The van der Waals surface area contributed by atoms with Crippen LogP contribution in [-0.4, -0.2) is 48.7 Å². The van der Waals surface area contributed by atoms with Gasteiger partial charge in [0.25, 0.3) is 5.91 Å². The van der Waals surface area contributed by atoms with Gasteiger partial charge in [0.15, 0.2) is 11.5 Å². The summed E-state index contributed by atoms with van der Waals surface area (Å²) in [7, 11) is 1.65. The summed E-state index contributed by atoms with van der Waals surface area (Å²) in [5.74, 6) is 1.32. The Bertz CT molecular complexity index is 811. The summed E-state index contributed by atoms with van der Waals surface area (Å²) in [6.45, 7) is 9.59. The van der Waals surface area contributed by atoms with Crippen molar-refractivity contribution in [2.75, 3.05) is 26.7 Å². The van der Waals surface area contributed by atoms with Crippen LogP contribution in [0, 0.1) is 0 Å². The van der Waals surface area contributed by atoms with Gasteiger partial charge in [-0.3, -0.25) is 4.79 Å². The van der Waals surface area contributed by atoms with E-state index in [-0.39, 0.29) is 11.9 Å². The summed E-state index contributed by atoms with van der Waals surface area (Å²) in [5, 5.41) is 7.19. The highest BCUT2D eigenvalue weighted by molar-refractivity contribution is 5.95. The first-order valence-electron chi connectivity index (χ1n) is 10.3. The highest BCUT2D eigenvalue weighted by Gasteiger charge is 2.28. The minimum Gasteiger partial charge on any atom is -0.497 e. The average molecular weight is 386 g/mol. The van der Waals surface area contributed by atoms with Gasteiger partial charge in [0.2, 0.25) is 0 Å². The Balaban J connectivity index is 1.65. The minimum absolute atomic E-state index is 0.103. The first-order valence-corrected chi connectivity index (χ1v) is 10.3. The van der Waals surface area contributed by atoms with Gasteiger partial charge < -0.3 is 19.5 Å². The molecule has 0 aliphatic heterocycles. The lowest BCUT2D eigenvalue weighted by atomic mass is 9.89. The third kappa shape index (κ3) is 4.38. The molecule has 1 aromatic carbocycles. The number of nitrogens with zero attached hydrogens (tertiary/aromatic N) is 2. The number of methoxy groups -OCH3 is 1. The van der Waals surface area contributed by atoms with Gasteiger partial charge >= 0.3 is 0 Å². The number of amides is 1. The molecule has 1 aliphatic rings. The Labute approximate surface area is 167 Å². The van der Waals surface area contributed by atoms with Crippen LogP contribution in [0.1, 0.15) is 55.2 Å². The second kappa shape index (κ2) is 9.24. The molecule has 0 fully saturated rings. The first-order chi connectivity index (χ1) is 13.6. The molecular weight excluding hydrogens is 354 g/mol. The Morgan fingerprint density at radius 1 is 1.32 bits per heavy atom. The van der Waals surface area contributed by atoms with E-state index in [1.165, 1.54) is 5.56 Å². The van der Waals surface area contributed by atoms with Gasteiger partial charge in [0.05, 0.1) is 7.11 Å². The zero-order chi connectivity index (χ0) is 20.1. The van der Waals surface area contributed by atoms with Crippen molar-refractivity contribution >= 4 is 5.91 Å². The van der Waals surface area contributed by atoms with Crippen molar-refractivity contribution in [1.29, 1.82) is 0 Å². The standard InChI is InChI=1S/C22H31N3O3/c1-5-25(6-2)13-7-8-15(3)23-22(26)20-18-12-10-16-9-11-17(27-4)14-19(16)21(18)28-24-20/h9,11,14-15H,5-8,10,12-13H2,1-4H3,(H,23,26)/t15-/m0/s1. The lowest BCUT2D eigenvalue weighted by Gasteiger charge is -2.20. The number of fused-ring (bicyclic) bond motifs is 3. The Morgan fingerprint density at radius 3 is 2.82 bits per heavy atom. The van der Waals surface area contributed by atoms with Gasteiger partial charge in [-0.25, -0.2) is 0 Å². The topological polar surface area (TPSA) is 67.6 Å². The number of rotatable bonds is 9. The van der Waals surface area contributed by atoms with E-state index < -0.39 is 0 Å². The molecule has 1 aliphatic carbocycles. The van der Waals surface area contributed by atoms with Gasteiger partial charge in [-0.15, -0.1) is 0 Å². The zero-order valence-corrected chi connectivity index (χ0v) is 17.4. The van der Waals surface area contributed by atoms with Crippen LogP contribution in [0.2, 0.25) is 0 Å². The summed E-state index contributed by atoms with van der Waals surface area (Å²) in [6.07, 6.45) is 3.64. The van der Waals surface area contributed by atoms with E-state index in [1.54, 1.807) is 7.11 Å². The molecule has 1 heterocycles. The number of ether oxygens (including phenoxy) is 1. The molecule has 0 spiro atoms. The fraction of sp³-hybridized carbons (Fsp3) is 0.545. The Morgan fingerprint density at radius 2 is 2.11 bits per heavy atom. The van der Waals surface area contributed by atoms with Crippen molar-refractivity contribution in [3.63, 3.8) is 0 Å². The normalized spacial score (nSPS) is 13.8. The van der Waals surface area contributed by atoms with Crippen molar-refractivity contribution in [2.24, 2.45) is 0 Å². The smallest absolute Gasteiger partial charge is 0.273 e. The molecular formula is C22H31N3O3. The van der Waals surface area contributed by atoms with Crippen LogP contribution in [0.25, 0.3) is 11.3 Å². The van der Waals surface area contributed by atoms with Crippen molar-refractivity contribution in [2.45, 2.75) is 52.5 Å². The molecule has 152 valence electrons. The molecule has 0 saturated carbocycles. The van der Waals surface area contributed by atoms with E-state index in [0.29, 0.717) is 11.5 Å². The fourth-order valence-electron chi connectivity index (χ4n) is 3.83. The van der Waals surface area contributed by atoms with Crippen LogP contribution in [0.5, 0.6) is 5.75 Å². The summed E-state index contributed by atoms with van der Waals surface area (Å²) >= 11 is 0. The molecule has 28 heavy (non-hydrogen) atoms. The Hall–Kier alpha value is -2.34. The van der Waals surface area contributed by atoms with E-state index in [2.05, 4.69) is 35.3 Å². The number of carbonyl (C=O) groups is 1. The minimum atomic E-state index is -0.147. The van der Waals surface area contributed by atoms with Gasteiger partial charge in [0, 0.05) is 17.2 Å². The van der Waals surface area contributed by atoms with Crippen molar-refractivity contribution in [3.05, 3.63) is 35.0 Å². The highest BCUT2D eigenvalue weighted by atomic mass is 16.5. The van der Waals surface area contributed by atoms with E-state index >= 15 is 0 Å². The van der Waals surface area contributed by atoms with E-state index in [4.69, 9.17) is 9.26 Å². The molecule has 0 unspecified atom stereocenters. The number of nitrogens with one attached hydrogen (secondary N) is 1. The van der Waals surface area contributed by atoms with Crippen LogP contribution < -0.4 is 10.1 Å². The lowest BCUT2D eigenvalue weighted by Crippen LogP contribution is -2.34.